The molecule has 1 unspecified atom stereocenters. The summed E-state index contributed by atoms with van der Waals surface area (Å²) >= 11 is 0. The molecule has 0 aliphatic rings. The van der Waals surface area contributed by atoms with Gasteiger partial charge in [0.2, 0.25) is 0 Å². The molecule has 0 heterocycles. The first-order valence-electron chi connectivity index (χ1n) is 7.37. The lowest BCUT2D eigenvalue weighted by molar-refractivity contribution is -0.385. The fourth-order valence-electron chi connectivity index (χ4n) is 2.16. The van der Waals surface area contributed by atoms with Crippen LogP contribution < -0.4 is 5.32 Å². The second-order valence-electron chi connectivity index (χ2n) is 5.96. The van der Waals surface area contributed by atoms with Gasteiger partial charge >= 0.3 is 0 Å². The Morgan fingerprint density at radius 1 is 1.29 bits per heavy atom. The Hall–Kier alpha value is -1.91. The van der Waals surface area contributed by atoms with E-state index in [1.807, 2.05) is 6.92 Å². The van der Waals surface area contributed by atoms with Gasteiger partial charge in [0.25, 0.3) is 11.6 Å². The second kappa shape index (κ2) is 7.76. The highest BCUT2D eigenvalue weighted by Crippen LogP contribution is 2.19. The van der Waals surface area contributed by atoms with E-state index in [1.165, 1.54) is 6.07 Å². The Labute approximate surface area is 125 Å². The Kier molecular flexibility index (Phi) is 6.34. The van der Waals surface area contributed by atoms with E-state index in [1.54, 1.807) is 19.1 Å². The molecular formula is C16H24N2O3. The van der Waals surface area contributed by atoms with Crippen LogP contribution in [0, 0.1) is 23.0 Å². The third kappa shape index (κ3) is 5.53. The van der Waals surface area contributed by atoms with Crippen LogP contribution in [0.25, 0.3) is 0 Å². The van der Waals surface area contributed by atoms with Crippen molar-refractivity contribution < 1.29 is 9.72 Å². The van der Waals surface area contributed by atoms with Gasteiger partial charge < -0.3 is 5.32 Å². The van der Waals surface area contributed by atoms with E-state index >= 15 is 0 Å². The first kappa shape index (κ1) is 17.1. The number of nitro benzene ring substituents is 1. The van der Waals surface area contributed by atoms with Crippen LogP contribution >= 0.6 is 0 Å². The van der Waals surface area contributed by atoms with Crippen molar-refractivity contribution in [3.63, 3.8) is 0 Å². The van der Waals surface area contributed by atoms with Gasteiger partial charge in [-0.05, 0) is 32.3 Å². The van der Waals surface area contributed by atoms with Crippen molar-refractivity contribution in [3.8, 4) is 0 Å². The molecule has 0 spiro atoms. The van der Waals surface area contributed by atoms with Gasteiger partial charge in [-0.1, -0.05) is 32.8 Å². The normalized spacial score (nSPS) is 12.2. The van der Waals surface area contributed by atoms with Crippen molar-refractivity contribution in [2.45, 2.75) is 53.0 Å². The summed E-state index contributed by atoms with van der Waals surface area (Å²) in [5, 5.41) is 13.8. The van der Waals surface area contributed by atoms with Gasteiger partial charge in [0.1, 0.15) is 0 Å². The minimum Gasteiger partial charge on any atom is -0.350 e. The van der Waals surface area contributed by atoms with E-state index in [9.17, 15) is 14.9 Å². The lowest BCUT2D eigenvalue weighted by Crippen LogP contribution is -2.32. The van der Waals surface area contributed by atoms with E-state index in [0.717, 1.165) is 19.3 Å². The van der Waals surface area contributed by atoms with Crippen LogP contribution in [-0.2, 0) is 0 Å². The molecule has 5 heteroatoms. The maximum atomic E-state index is 12.1. The molecule has 0 aliphatic carbocycles. The molecule has 1 aromatic carbocycles. The van der Waals surface area contributed by atoms with Gasteiger partial charge in [0, 0.05) is 23.2 Å². The summed E-state index contributed by atoms with van der Waals surface area (Å²) in [5.41, 5.74) is 0.875. The van der Waals surface area contributed by atoms with E-state index in [-0.39, 0.29) is 17.6 Å². The standard InChI is InChI=1S/C16H24N2O3/c1-11(2)6-5-7-13(4)17-16(19)14-9-8-12(3)15(10-14)18(20)21/h8-11,13H,5-7H2,1-4H3,(H,17,19). The maximum absolute atomic E-state index is 12.1. The number of carbonyl (C=O) groups excluding carboxylic acids is 1. The number of rotatable bonds is 7. The van der Waals surface area contributed by atoms with E-state index in [4.69, 9.17) is 0 Å². The zero-order chi connectivity index (χ0) is 16.0. The van der Waals surface area contributed by atoms with E-state index in [2.05, 4.69) is 19.2 Å². The van der Waals surface area contributed by atoms with Crippen LogP contribution in [0.1, 0.15) is 56.0 Å². The Morgan fingerprint density at radius 3 is 2.52 bits per heavy atom. The van der Waals surface area contributed by atoms with Crippen molar-refractivity contribution in [3.05, 3.63) is 39.4 Å². The molecule has 0 fully saturated rings. The number of nitrogens with one attached hydrogen (secondary N) is 1. The van der Waals surface area contributed by atoms with Crippen LogP contribution in [0.15, 0.2) is 18.2 Å². The average Bonchev–Trinajstić information content (AvgIpc) is 2.38. The lowest BCUT2D eigenvalue weighted by atomic mass is 10.0. The summed E-state index contributed by atoms with van der Waals surface area (Å²) in [6.07, 6.45) is 3.11. The molecule has 1 N–H and O–H groups in total. The Morgan fingerprint density at radius 2 is 1.95 bits per heavy atom. The summed E-state index contributed by atoms with van der Waals surface area (Å²) in [4.78, 5) is 22.5. The molecule has 1 aromatic rings. The fraction of sp³-hybridized carbons (Fsp3) is 0.562. The van der Waals surface area contributed by atoms with Gasteiger partial charge in [-0.3, -0.25) is 14.9 Å². The van der Waals surface area contributed by atoms with Crippen LogP contribution in [0.2, 0.25) is 0 Å². The Bertz CT molecular complexity index is 512. The Balaban J connectivity index is 2.63. The lowest BCUT2D eigenvalue weighted by Gasteiger charge is -2.14. The number of nitrogens with zero attached hydrogens (tertiary/aromatic N) is 1. The molecule has 21 heavy (non-hydrogen) atoms. The molecule has 5 nitrogen and oxygen atoms in total. The number of carbonyl (C=O) groups is 1. The smallest absolute Gasteiger partial charge is 0.273 e. The first-order chi connectivity index (χ1) is 9.81. The van der Waals surface area contributed by atoms with Crippen molar-refractivity contribution in [2.75, 3.05) is 0 Å². The van der Waals surface area contributed by atoms with Gasteiger partial charge in [-0.2, -0.15) is 0 Å². The van der Waals surface area contributed by atoms with E-state index in [0.29, 0.717) is 17.0 Å². The van der Waals surface area contributed by atoms with Gasteiger partial charge in [-0.15, -0.1) is 0 Å². The van der Waals surface area contributed by atoms with Crippen molar-refractivity contribution >= 4 is 11.6 Å². The van der Waals surface area contributed by atoms with Crippen LogP contribution in [0.4, 0.5) is 5.69 Å². The highest BCUT2D eigenvalue weighted by Gasteiger charge is 2.16. The van der Waals surface area contributed by atoms with Gasteiger partial charge in [0.05, 0.1) is 4.92 Å². The molecule has 116 valence electrons. The van der Waals surface area contributed by atoms with Gasteiger partial charge in [-0.25, -0.2) is 0 Å². The molecule has 0 saturated heterocycles. The minimum atomic E-state index is -0.460. The molecule has 0 saturated carbocycles. The molecule has 1 atom stereocenters. The van der Waals surface area contributed by atoms with Crippen molar-refractivity contribution in [1.29, 1.82) is 0 Å². The zero-order valence-corrected chi connectivity index (χ0v) is 13.2. The zero-order valence-electron chi connectivity index (χ0n) is 13.2. The number of nitro groups is 1. The second-order valence-corrected chi connectivity index (χ2v) is 5.96. The highest BCUT2D eigenvalue weighted by atomic mass is 16.6. The van der Waals surface area contributed by atoms with Crippen LogP contribution in [0.5, 0.6) is 0 Å². The highest BCUT2D eigenvalue weighted by molar-refractivity contribution is 5.95. The van der Waals surface area contributed by atoms with Crippen molar-refractivity contribution in [2.24, 2.45) is 5.92 Å². The number of benzene rings is 1. The third-order valence-electron chi connectivity index (χ3n) is 3.46. The first-order valence-corrected chi connectivity index (χ1v) is 7.37. The number of hydrogen-bond donors (Lipinski definition) is 1. The van der Waals surface area contributed by atoms with Crippen molar-refractivity contribution in [1.82, 2.24) is 5.32 Å². The monoisotopic (exact) mass is 292 g/mol. The predicted molar refractivity (Wildman–Crippen MR) is 83.5 cm³/mol. The summed E-state index contributed by atoms with van der Waals surface area (Å²) < 4.78 is 0. The van der Waals surface area contributed by atoms with Gasteiger partial charge in [0.15, 0.2) is 0 Å². The third-order valence-corrected chi connectivity index (χ3v) is 3.46. The van der Waals surface area contributed by atoms with Crippen LogP contribution in [-0.4, -0.2) is 16.9 Å². The number of aryl methyl sites for hydroxylation is 1. The predicted octanol–water partition coefficient (Wildman–Crippen LogP) is 3.85. The summed E-state index contributed by atoms with van der Waals surface area (Å²) in [6, 6.07) is 4.64. The molecule has 0 aromatic heterocycles. The average molecular weight is 292 g/mol. The quantitative estimate of drug-likeness (QED) is 0.613. The summed E-state index contributed by atoms with van der Waals surface area (Å²) in [6.45, 7) is 7.97. The molecule has 0 aliphatic heterocycles. The largest absolute Gasteiger partial charge is 0.350 e. The molecule has 1 rings (SSSR count). The molecular weight excluding hydrogens is 268 g/mol. The molecule has 1 amide bonds. The molecule has 0 bridgehead atoms. The number of hydrogen-bond acceptors (Lipinski definition) is 3. The molecule has 0 radical (unpaired) electrons. The summed E-state index contributed by atoms with van der Waals surface area (Å²) in [7, 11) is 0. The topological polar surface area (TPSA) is 72.2 Å². The minimum absolute atomic E-state index is 0.0184. The number of amides is 1. The van der Waals surface area contributed by atoms with Crippen LogP contribution in [0.3, 0.4) is 0 Å². The maximum Gasteiger partial charge on any atom is 0.273 e. The fourth-order valence-corrected chi connectivity index (χ4v) is 2.16. The SMILES string of the molecule is Cc1ccc(C(=O)NC(C)CCCC(C)C)cc1[N+](=O)[O-]. The summed E-state index contributed by atoms with van der Waals surface area (Å²) in [5.74, 6) is 0.405. The van der Waals surface area contributed by atoms with E-state index < -0.39 is 4.92 Å².